The van der Waals surface area contributed by atoms with E-state index in [4.69, 9.17) is 0 Å². The van der Waals surface area contributed by atoms with Gasteiger partial charge in [0, 0.05) is 35.6 Å². The highest BCUT2D eigenvalue weighted by Crippen LogP contribution is 2.29. The van der Waals surface area contributed by atoms with E-state index in [1.54, 1.807) is 47.3 Å². The first kappa shape index (κ1) is 23.0. The molecule has 0 saturated carbocycles. The number of rotatable bonds is 6. The topological polar surface area (TPSA) is 98.0 Å². The van der Waals surface area contributed by atoms with Crippen molar-refractivity contribution < 1.29 is 14.0 Å². The lowest BCUT2D eigenvalue weighted by Gasteiger charge is -2.13. The lowest BCUT2D eigenvalue weighted by Crippen LogP contribution is -2.27. The largest absolute Gasteiger partial charge is 0.352 e. The molecule has 2 aromatic heterocycles. The predicted octanol–water partition coefficient (Wildman–Crippen LogP) is 4.61. The first-order chi connectivity index (χ1) is 17.3. The molecule has 0 radical (unpaired) electrons. The van der Waals surface area contributed by atoms with Crippen molar-refractivity contribution in [2.75, 3.05) is 10.6 Å². The molecule has 0 saturated heterocycles. The van der Waals surface area contributed by atoms with Crippen LogP contribution >= 0.6 is 0 Å². The van der Waals surface area contributed by atoms with Gasteiger partial charge in [0.15, 0.2) is 5.78 Å². The zero-order valence-electron chi connectivity index (χ0n) is 19.6. The number of hydrogen-bond donors (Lipinski definition) is 2. The monoisotopic (exact) mass is 483 g/mol. The average Bonchev–Trinajstić information content (AvgIpc) is 3.22. The van der Waals surface area contributed by atoms with E-state index in [0.29, 0.717) is 22.3 Å². The highest BCUT2D eigenvalue weighted by molar-refractivity contribution is 5.98. The second-order valence-corrected chi connectivity index (χ2v) is 8.49. The summed E-state index contributed by atoms with van der Waals surface area (Å²) in [6.45, 7) is 1.16. The van der Waals surface area contributed by atoms with Crippen molar-refractivity contribution >= 4 is 50.4 Å². The number of anilines is 3. The number of benzene rings is 3. The molecule has 0 fully saturated rings. The Hall–Kier alpha value is -4.79. The summed E-state index contributed by atoms with van der Waals surface area (Å²) >= 11 is 0. The molecule has 5 aromatic rings. The van der Waals surface area contributed by atoms with Gasteiger partial charge in [0.1, 0.15) is 12.4 Å². The SMILES string of the molecule is CC(=O)c1cccc(NC(=O)Cn2ccc3ccc(F)c(Nc4ccc5c(cnn5C)c4)c3c2=O)c1. The van der Waals surface area contributed by atoms with Crippen LogP contribution in [0, 0.1) is 5.82 Å². The maximum atomic E-state index is 15.0. The van der Waals surface area contributed by atoms with Gasteiger partial charge >= 0.3 is 0 Å². The van der Waals surface area contributed by atoms with Gasteiger partial charge in [0.05, 0.1) is 22.8 Å². The number of aromatic nitrogens is 3. The van der Waals surface area contributed by atoms with E-state index in [0.717, 1.165) is 10.9 Å². The van der Waals surface area contributed by atoms with Crippen LogP contribution in [0.25, 0.3) is 21.7 Å². The number of ketones is 1. The third-order valence-electron chi connectivity index (χ3n) is 5.98. The minimum atomic E-state index is -0.589. The molecule has 0 aliphatic heterocycles. The van der Waals surface area contributed by atoms with Gasteiger partial charge in [-0.2, -0.15) is 5.10 Å². The first-order valence-electron chi connectivity index (χ1n) is 11.2. The second kappa shape index (κ2) is 9.10. The number of nitrogens with one attached hydrogen (secondary N) is 2. The molecule has 0 atom stereocenters. The van der Waals surface area contributed by atoms with Crippen molar-refractivity contribution in [2.24, 2.45) is 7.05 Å². The summed E-state index contributed by atoms with van der Waals surface area (Å²) in [7, 11) is 1.83. The maximum Gasteiger partial charge on any atom is 0.261 e. The Morgan fingerprint density at radius 3 is 2.64 bits per heavy atom. The Labute approximate surface area is 205 Å². The van der Waals surface area contributed by atoms with E-state index in [9.17, 15) is 18.8 Å². The Kier molecular flexibility index (Phi) is 5.81. The zero-order valence-corrected chi connectivity index (χ0v) is 19.6. The summed E-state index contributed by atoms with van der Waals surface area (Å²) < 4.78 is 17.9. The second-order valence-electron chi connectivity index (χ2n) is 8.49. The van der Waals surface area contributed by atoms with E-state index in [1.807, 2.05) is 19.2 Å². The molecule has 3 aromatic carbocycles. The minimum absolute atomic E-state index is 0.0321. The molecule has 36 heavy (non-hydrogen) atoms. The number of aryl methyl sites for hydroxylation is 1. The highest BCUT2D eigenvalue weighted by Gasteiger charge is 2.15. The van der Waals surface area contributed by atoms with Gasteiger partial charge in [-0.25, -0.2) is 4.39 Å². The number of hydrogen-bond acceptors (Lipinski definition) is 5. The zero-order chi connectivity index (χ0) is 25.4. The van der Waals surface area contributed by atoms with Crippen LogP contribution in [0.15, 0.2) is 77.9 Å². The molecule has 9 heteroatoms. The summed E-state index contributed by atoms with van der Waals surface area (Å²) in [5, 5.41) is 11.5. The fourth-order valence-corrected chi connectivity index (χ4v) is 4.15. The fourth-order valence-electron chi connectivity index (χ4n) is 4.15. The highest BCUT2D eigenvalue weighted by atomic mass is 19.1. The molecule has 180 valence electrons. The van der Waals surface area contributed by atoms with Crippen molar-refractivity contribution in [3.8, 4) is 0 Å². The molecule has 0 bridgehead atoms. The summed E-state index contributed by atoms with van der Waals surface area (Å²) in [5.74, 6) is -1.17. The van der Waals surface area contributed by atoms with Crippen molar-refractivity contribution in [1.29, 1.82) is 0 Å². The number of Topliss-reactive ketones (excluding diaryl/α,β-unsaturated/α-hetero) is 1. The van der Waals surface area contributed by atoms with Crippen LogP contribution in [0.4, 0.5) is 21.5 Å². The smallest absolute Gasteiger partial charge is 0.261 e. The number of amides is 1. The fraction of sp³-hybridized carbons (Fsp3) is 0.111. The Morgan fingerprint density at radius 1 is 1.00 bits per heavy atom. The summed E-state index contributed by atoms with van der Waals surface area (Å²) in [5.41, 5.74) is 1.95. The number of fused-ring (bicyclic) bond motifs is 2. The molecule has 0 aliphatic rings. The molecule has 0 aliphatic carbocycles. The Morgan fingerprint density at radius 2 is 1.83 bits per heavy atom. The van der Waals surface area contributed by atoms with Crippen LogP contribution in [0.1, 0.15) is 17.3 Å². The van der Waals surface area contributed by atoms with Crippen LogP contribution < -0.4 is 16.2 Å². The Balaban J connectivity index is 1.47. The molecule has 0 spiro atoms. The quantitative estimate of drug-likeness (QED) is 0.344. The third-order valence-corrected chi connectivity index (χ3v) is 5.98. The molecular weight excluding hydrogens is 461 g/mol. The number of carbonyl (C=O) groups excluding carboxylic acids is 2. The van der Waals surface area contributed by atoms with Gasteiger partial charge < -0.3 is 15.2 Å². The molecule has 8 nitrogen and oxygen atoms in total. The predicted molar refractivity (Wildman–Crippen MR) is 137 cm³/mol. The van der Waals surface area contributed by atoms with Crippen molar-refractivity contribution in [2.45, 2.75) is 13.5 Å². The lowest BCUT2D eigenvalue weighted by atomic mass is 10.1. The number of carbonyl (C=O) groups is 2. The van der Waals surface area contributed by atoms with E-state index < -0.39 is 17.3 Å². The first-order valence-corrected chi connectivity index (χ1v) is 11.2. The van der Waals surface area contributed by atoms with Crippen LogP contribution in [-0.2, 0) is 18.4 Å². The molecule has 1 amide bonds. The number of nitrogens with zero attached hydrogens (tertiary/aromatic N) is 3. The van der Waals surface area contributed by atoms with Gasteiger partial charge in [0.25, 0.3) is 5.56 Å². The maximum absolute atomic E-state index is 15.0. The normalized spacial score (nSPS) is 11.1. The van der Waals surface area contributed by atoms with Crippen LogP contribution in [-0.4, -0.2) is 26.0 Å². The van der Waals surface area contributed by atoms with Gasteiger partial charge in [-0.05, 0) is 54.8 Å². The summed E-state index contributed by atoms with van der Waals surface area (Å²) in [4.78, 5) is 37.6. The molecular formula is C27H22FN5O3. The van der Waals surface area contributed by atoms with Crippen molar-refractivity contribution in [3.05, 3.63) is 94.8 Å². The van der Waals surface area contributed by atoms with E-state index in [1.165, 1.54) is 29.8 Å². The number of halogens is 1. The van der Waals surface area contributed by atoms with E-state index in [-0.39, 0.29) is 23.4 Å². The van der Waals surface area contributed by atoms with Gasteiger partial charge in [-0.3, -0.25) is 19.1 Å². The molecule has 0 unspecified atom stereocenters. The summed E-state index contributed by atoms with van der Waals surface area (Å²) in [6.07, 6.45) is 3.21. The van der Waals surface area contributed by atoms with Gasteiger partial charge in [0.2, 0.25) is 5.91 Å². The molecule has 5 rings (SSSR count). The van der Waals surface area contributed by atoms with E-state index in [2.05, 4.69) is 15.7 Å². The van der Waals surface area contributed by atoms with Gasteiger partial charge in [-0.15, -0.1) is 0 Å². The van der Waals surface area contributed by atoms with Gasteiger partial charge in [-0.1, -0.05) is 18.2 Å². The summed E-state index contributed by atoms with van der Waals surface area (Å²) in [6, 6.07) is 16.5. The van der Waals surface area contributed by atoms with Crippen LogP contribution in [0.2, 0.25) is 0 Å². The molecule has 2 heterocycles. The standard InChI is InChI=1S/C27H22FN5O3/c1-16(34)18-4-3-5-20(12-18)30-24(35)15-33-11-10-17-6-8-22(28)26(25(17)27(33)36)31-21-7-9-23-19(13-21)14-29-32(23)2/h3-14,31H,15H2,1-2H3,(H,30,35). The Bertz CT molecular complexity index is 1720. The van der Waals surface area contributed by atoms with Crippen molar-refractivity contribution in [3.63, 3.8) is 0 Å². The average molecular weight is 484 g/mol. The number of pyridine rings is 1. The minimum Gasteiger partial charge on any atom is -0.352 e. The lowest BCUT2D eigenvalue weighted by molar-refractivity contribution is -0.116. The van der Waals surface area contributed by atoms with E-state index >= 15 is 0 Å². The van der Waals surface area contributed by atoms with Crippen LogP contribution in [0.5, 0.6) is 0 Å². The van der Waals surface area contributed by atoms with Crippen molar-refractivity contribution in [1.82, 2.24) is 14.3 Å². The van der Waals surface area contributed by atoms with Crippen LogP contribution in [0.3, 0.4) is 0 Å². The molecule has 2 N–H and O–H groups in total. The third kappa shape index (κ3) is 4.34.